The fourth-order valence-corrected chi connectivity index (χ4v) is 7.02. The van der Waals surface area contributed by atoms with Gasteiger partial charge in [-0.15, -0.1) is 17.0 Å². The number of nitrogens with zero attached hydrogens (tertiary/aromatic N) is 1. The van der Waals surface area contributed by atoms with Gasteiger partial charge in [-0.2, -0.15) is 4.98 Å². The molecule has 27 heavy (non-hydrogen) atoms. The molecule has 1 aromatic heterocycles. The molecule has 2 fully saturated rings. The first-order chi connectivity index (χ1) is 12.4. The van der Waals surface area contributed by atoms with E-state index >= 15 is 0 Å². The highest BCUT2D eigenvalue weighted by atomic mass is 79.9. The van der Waals surface area contributed by atoms with E-state index in [1.54, 1.807) is 6.26 Å². The van der Waals surface area contributed by atoms with Gasteiger partial charge in [0.1, 0.15) is 12.0 Å². The summed E-state index contributed by atoms with van der Waals surface area (Å²) in [5, 5.41) is 10.1. The van der Waals surface area contributed by atoms with Crippen molar-refractivity contribution in [2.75, 3.05) is 5.73 Å². The quantitative estimate of drug-likeness (QED) is 0.599. The van der Waals surface area contributed by atoms with Crippen molar-refractivity contribution in [1.29, 1.82) is 0 Å². The Hall–Kier alpha value is -1.07. The lowest BCUT2D eigenvalue weighted by Crippen LogP contribution is -2.49. The average molecular weight is 435 g/mol. The van der Waals surface area contributed by atoms with Crippen molar-refractivity contribution >= 4 is 28.6 Å². The number of aromatic nitrogens is 1. The smallest absolute Gasteiger partial charge is 0.292 e. The fourth-order valence-electron chi connectivity index (χ4n) is 7.02. The summed E-state index contributed by atoms with van der Waals surface area (Å²) in [6.45, 7) is 4.91. The molecule has 1 aromatic rings. The lowest BCUT2D eigenvalue weighted by Gasteiger charge is -2.57. The van der Waals surface area contributed by atoms with Crippen molar-refractivity contribution < 1.29 is 9.52 Å². The van der Waals surface area contributed by atoms with E-state index in [2.05, 4.69) is 31.0 Å². The van der Waals surface area contributed by atoms with Crippen LogP contribution >= 0.6 is 17.0 Å². The summed E-state index contributed by atoms with van der Waals surface area (Å²) in [6, 6.07) is 0.264. The number of oxazole rings is 1. The van der Waals surface area contributed by atoms with E-state index in [-0.39, 0.29) is 34.5 Å². The summed E-state index contributed by atoms with van der Waals surface area (Å²) in [6.07, 6.45) is 14.3. The van der Waals surface area contributed by atoms with Gasteiger partial charge in [-0.3, -0.25) is 0 Å². The van der Waals surface area contributed by atoms with Gasteiger partial charge in [0.15, 0.2) is 0 Å². The second-order valence-electron chi connectivity index (χ2n) is 9.54. The number of hydrogen-bond donors (Lipinski definition) is 2. The maximum atomic E-state index is 10.1. The number of aliphatic hydroxyl groups excluding tert-OH is 1. The third kappa shape index (κ3) is 2.68. The van der Waals surface area contributed by atoms with Crippen LogP contribution in [0.3, 0.4) is 0 Å². The lowest BCUT2D eigenvalue weighted by atomic mass is 9.47. The van der Waals surface area contributed by atoms with Crippen molar-refractivity contribution in [3.8, 4) is 0 Å². The number of aliphatic hydroxyl groups is 1. The number of anilines is 1. The molecule has 5 rings (SSSR count). The second kappa shape index (κ2) is 6.48. The first-order valence-corrected chi connectivity index (χ1v) is 10.2. The van der Waals surface area contributed by atoms with Gasteiger partial charge in [0.05, 0.1) is 6.10 Å². The topological polar surface area (TPSA) is 72.3 Å². The molecule has 2 saturated carbocycles. The van der Waals surface area contributed by atoms with Crippen LogP contribution in [-0.2, 0) is 0 Å². The number of halogens is 1. The Bertz CT molecular complexity index is 800. The Balaban J connectivity index is 0.00000180. The van der Waals surface area contributed by atoms with E-state index in [1.165, 1.54) is 30.4 Å². The van der Waals surface area contributed by atoms with Gasteiger partial charge >= 0.3 is 0 Å². The van der Waals surface area contributed by atoms with E-state index in [0.717, 1.165) is 43.2 Å². The van der Waals surface area contributed by atoms with Gasteiger partial charge in [-0.25, -0.2) is 0 Å². The van der Waals surface area contributed by atoms with Crippen molar-refractivity contribution in [3.63, 3.8) is 0 Å². The zero-order valence-electron chi connectivity index (χ0n) is 16.3. The molecule has 4 nitrogen and oxygen atoms in total. The van der Waals surface area contributed by atoms with Gasteiger partial charge in [-0.1, -0.05) is 31.6 Å². The van der Waals surface area contributed by atoms with Crippen LogP contribution in [0.1, 0.15) is 64.5 Å². The van der Waals surface area contributed by atoms with E-state index in [4.69, 9.17) is 10.2 Å². The van der Waals surface area contributed by atoms with Gasteiger partial charge in [0, 0.05) is 0 Å². The Morgan fingerprint density at radius 3 is 2.63 bits per heavy atom. The Morgan fingerprint density at radius 1 is 1.11 bits per heavy atom. The number of hydrogen-bond acceptors (Lipinski definition) is 4. The van der Waals surface area contributed by atoms with E-state index in [9.17, 15) is 5.11 Å². The highest BCUT2D eigenvalue weighted by molar-refractivity contribution is 8.93. The number of rotatable bonds is 1. The molecular formula is C22H31BrN2O2. The summed E-state index contributed by atoms with van der Waals surface area (Å²) in [4.78, 5) is 4.42. The minimum atomic E-state index is -0.128. The summed E-state index contributed by atoms with van der Waals surface area (Å²) in [5.74, 6) is 2.16. The van der Waals surface area contributed by atoms with Crippen molar-refractivity contribution in [1.82, 2.24) is 4.98 Å². The molecule has 0 aliphatic heterocycles. The molecule has 0 unspecified atom stereocenters. The van der Waals surface area contributed by atoms with E-state index < -0.39 is 0 Å². The molecule has 0 bridgehead atoms. The van der Waals surface area contributed by atoms with Crippen LogP contribution < -0.4 is 5.73 Å². The maximum Gasteiger partial charge on any atom is 0.292 e. The minimum absolute atomic E-state index is 0. The van der Waals surface area contributed by atoms with Crippen LogP contribution in [0.5, 0.6) is 0 Å². The normalized spacial score (nSPS) is 42.9. The first kappa shape index (κ1) is 19.3. The monoisotopic (exact) mass is 434 g/mol. The minimum Gasteiger partial charge on any atom is -0.432 e. The molecule has 0 saturated heterocycles. The molecule has 4 aliphatic rings. The number of nitrogens with two attached hydrogens (primary N) is 1. The Kier molecular flexibility index (Phi) is 4.62. The molecule has 148 valence electrons. The van der Waals surface area contributed by atoms with Gasteiger partial charge in [0.2, 0.25) is 0 Å². The summed E-state index contributed by atoms with van der Waals surface area (Å²) >= 11 is 0. The van der Waals surface area contributed by atoms with Gasteiger partial charge < -0.3 is 15.3 Å². The fraction of sp³-hybridized carbons (Fsp3) is 0.682. The van der Waals surface area contributed by atoms with Crippen LogP contribution in [0.25, 0.3) is 5.57 Å². The molecule has 0 amide bonds. The van der Waals surface area contributed by atoms with Crippen LogP contribution in [0, 0.1) is 28.6 Å². The predicted molar refractivity (Wildman–Crippen MR) is 112 cm³/mol. The largest absolute Gasteiger partial charge is 0.432 e. The number of allylic oxidation sites excluding steroid dienone is 3. The SMILES string of the molecule is Br.C[C@]12CC[C@H](O)CC1=CC[C@@H]1[C@@H]2CC[C@]2(C)C(c3coc(N)n3)=CC[C@@H]12. The molecule has 0 spiro atoms. The highest BCUT2D eigenvalue weighted by Crippen LogP contribution is 2.66. The molecule has 3 N–H and O–H groups in total. The molecule has 5 heteroatoms. The third-order valence-corrected chi connectivity index (χ3v) is 8.46. The summed E-state index contributed by atoms with van der Waals surface area (Å²) in [7, 11) is 0. The first-order valence-electron chi connectivity index (χ1n) is 10.2. The Morgan fingerprint density at radius 2 is 1.89 bits per heavy atom. The lowest BCUT2D eigenvalue weighted by molar-refractivity contribution is -0.0238. The molecule has 4 aliphatic carbocycles. The predicted octanol–water partition coefficient (Wildman–Crippen LogP) is 5.15. The number of nitrogen functional groups attached to an aromatic ring is 1. The zero-order valence-corrected chi connectivity index (χ0v) is 18.0. The maximum absolute atomic E-state index is 10.1. The van der Waals surface area contributed by atoms with E-state index in [1.807, 2.05) is 0 Å². The average Bonchev–Trinajstić information content (AvgIpc) is 3.18. The molecule has 0 radical (unpaired) electrons. The zero-order chi connectivity index (χ0) is 18.1. The van der Waals surface area contributed by atoms with Crippen LogP contribution in [0.15, 0.2) is 28.4 Å². The van der Waals surface area contributed by atoms with Crippen molar-refractivity contribution in [2.24, 2.45) is 28.6 Å². The summed E-state index contributed by atoms with van der Waals surface area (Å²) in [5.41, 5.74) is 10.0. The van der Waals surface area contributed by atoms with Crippen LogP contribution in [-0.4, -0.2) is 16.2 Å². The van der Waals surface area contributed by atoms with Crippen LogP contribution in [0.4, 0.5) is 6.01 Å². The molecule has 1 heterocycles. The van der Waals surface area contributed by atoms with Crippen LogP contribution in [0.2, 0.25) is 0 Å². The third-order valence-electron chi connectivity index (χ3n) is 8.46. The van der Waals surface area contributed by atoms with E-state index in [0.29, 0.717) is 11.3 Å². The second-order valence-corrected chi connectivity index (χ2v) is 9.54. The van der Waals surface area contributed by atoms with Gasteiger partial charge in [0.25, 0.3) is 6.01 Å². The number of fused-ring (bicyclic) bond motifs is 5. The van der Waals surface area contributed by atoms with Gasteiger partial charge in [-0.05, 0) is 79.1 Å². The summed E-state index contributed by atoms with van der Waals surface area (Å²) < 4.78 is 5.30. The Labute approximate surface area is 172 Å². The molecular weight excluding hydrogens is 404 g/mol. The highest BCUT2D eigenvalue weighted by Gasteiger charge is 2.57. The molecule has 6 atom stereocenters. The van der Waals surface area contributed by atoms with Crippen molar-refractivity contribution in [2.45, 2.75) is 64.9 Å². The molecule has 0 aromatic carbocycles. The van der Waals surface area contributed by atoms with Crippen molar-refractivity contribution in [3.05, 3.63) is 29.7 Å². The standard InChI is InChI=1S/C22H30N2O2.BrH/c1-21-9-7-14(25)11-13(21)3-4-15-16-5-6-18(19-12-26-20(23)24-19)22(16,2)10-8-17(15)21;/h3,6,12,14-17,25H,4-5,7-11H2,1-2H3,(H2,23,24);1H/t14-,15-,16-,17-,21-,22-;/m0./s1.